The highest BCUT2D eigenvalue weighted by Crippen LogP contribution is 2.37. The second kappa shape index (κ2) is 5.87. The van der Waals surface area contributed by atoms with E-state index in [2.05, 4.69) is 70.3 Å². The van der Waals surface area contributed by atoms with E-state index in [1.807, 2.05) is 0 Å². The minimum absolute atomic E-state index is 0.00773. The van der Waals surface area contributed by atoms with Crippen molar-refractivity contribution in [3.05, 3.63) is 35.9 Å². The lowest BCUT2D eigenvalue weighted by molar-refractivity contribution is -0.0698. The smallest absolute Gasteiger partial charge is 0.0787 e. The predicted molar refractivity (Wildman–Crippen MR) is 85.1 cm³/mol. The predicted octanol–water partition coefficient (Wildman–Crippen LogP) is 4.12. The Labute approximate surface area is 123 Å². The molecular weight excluding hydrogens is 246 g/mol. The lowest BCUT2D eigenvalue weighted by Gasteiger charge is -2.28. The molecule has 1 aliphatic heterocycles. The van der Waals surface area contributed by atoms with E-state index in [1.165, 1.54) is 5.56 Å². The Kier molecular flexibility index (Phi) is 4.55. The molecule has 0 bridgehead atoms. The first-order chi connectivity index (χ1) is 9.30. The summed E-state index contributed by atoms with van der Waals surface area (Å²) in [5.74, 6) is 0.599. The Balaban J connectivity index is 1.82. The van der Waals surface area contributed by atoms with Crippen molar-refractivity contribution >= 4 is 0 Å². The summed E-state index contributed by atoms with van der Waals surface area (Å²) < 4.78 is 6.13. The molecule has 1 fully saturated rings. The van der Waals surface area contributed by atoms with Crippen LogP contribution in [0.4, 0.5) is 0 Å². The second-order valence-corrected chi connectivity index (χ2v) is 7.28. The Hall–Kier alpha value is -0.860. The molecule has 2 heteroatoms. The van der Waals surface area contributed by atoms with Gasteiger partial charge in [-0.3, -0.25) is 0 Å². The van der Waals surface area contributed by atoms with Crippen LogP contribution in [0.1, 0.15) is 58.9 Å². The Morgan fingerprint density at radius 1 is 1.20 bits per heavy atom. The molecule has 112 valence electrons. The first kappa shape index (κ1) is 15.5. The summed E-state index contributed by atoms with van der Waals surface area (Å²) in [6.45, 7) is 12.1. The Morgan fingerprint density at radius 3 is 2.40 bits per heavy atom. The summed E-state index contributed by atoms with van der Waals surface area (Å²) in [7, 11) is 0. The summed E-state index contributed by atoms with van der Waals surface area (Å²) >= 11 is 0. The van der Waals surface area contributed by atoms with E-state index >= 15 is 0 Å². The molecule has 1 aromatic carbocycles. The third-order valence-corrected chi connectivity index (χ3v) is 4.41. The maximum atomic E-state index is 6.13. The number of nitrogens with one attached hydrogen (secondary N) is 1. The first-order valence-electron chi connectivity index (χ1n) is 7.79. The van der Waals surface area contributed by atoms with Gasteiger partial charge in [0.1, 0.15) is 0 Å². The Bertz CT molecular complexity index is 424. The number of ether oxygens (including phenoxy) is 1. The second-order valence-electron chi connectivity index (χ2n) is 7.28. The van der Waals surface area contributed by atoms with E-state index in [0.29, 0.717) is 12.0 Å². The van der Waals surface area contributed by atoms with E-state index < -0.39 is 0 Å². The van der Waals surface area contributed by atoms with Crippen LogP contribution < -0.4 is 5.32 Å². The van der Waals surface area contributed by atoms with E-state index in [-0.39, 0.29) is 11.2 Å². The van der Waals surface area contributed by atoms with Gasteiger partial charge < -0.3 is 10.1 Å². The van der Waals surface area contributed by atoms with Crippen LogP contribution in [0.15, 0.2) is 30.3 Å². The quantitative estimate of drug-likeness (QED) is 0.873. The molecule has 20 heavy (non-hydrogen) atoms. The molecular formula is C18H29NO. The molecule has 0 amide bonds. The average Bonchev–Trinajstić information content (AvgIpc) is 2.58. The topological polar surface area (TPSA) is 21.3 Å². The summed E-state index contributed by atoms with van der Waals surface area (Å²) in [5.41, 5.74) is 1.35. The van der Waals surface area contributed by atoms with Crippen molar-refractivity contribution in [3.63, 3.8) is 0 Å². The van der Waals surface area contributed by atoms with Gasteiger partial charge in [0.05, 0.1) is 11.2 Å². The number of benzene rings is 1. The van der Waals surface area contributed by atoms with Gasteiger partial charge in [0, 0.05) is 6.04 Å². The van der Waals surface area contributed by atoms with Gasteiger partial charge >= 0.3 is 0 Å². The monoisotopic (exact) mass is 275 g/mol. The van der Waals surface area contributed by atoms with Gasteiger partial charge in [-0.15, -0.1) is 0 Å². The van der Waals surface area contributed by atoms with Crippen LogP contribution in [0, 0.1) is 0 Å². The minimum atomic E-state index is -0.0700. The van der Waals surface area contributed by atoms with Gasteiger partial charge in [-0.05, 0) is 58.6 Å². The summed E-state index contributed by atoms with van der Waals surface area (Å²) in [5, 5.41) is 3.70. The number of hydrogen-bond donors (Lipinski definition) is 1. The summed E-state index contributed by atoms with van der Waals surface area (Å²) in [6.07, 6.45) is 2.25. The molecule has 0 aliphatic carbocycles. The van der Waals surface area contributed by atoms with Crippen molar-refractivity contribution in [3.8, 4) is 0 Å². The number of hydrogen-bond acceptors (Lipinski definition) is 2. The maximum absolute atomic E-state index is 6.13. The van der Waals surface area contributed by atoms with Crippen LogP contribution in [0.5, 0.6) is 0 Å². The van der Waals surface area contributed by atoms with Crippen molar-refractivity contribution in [2.24, 2.45) is 0 Å². The van der Waals surface area contributed by atoms with Crippen LogP contribution in [0.3, 0.4) is 0 Å². The van der Waals surface area contributed by atoms with E-state index in [1.54, 1.807) is 0 Å². The van der Waals surface area contributed by atoms with Crippen LogP contribution in [0.25, 0.3) is 0 Å². The van der Waals surface area contributed by atoms with Gasteiger partial charge in [-0.1, -0.05) is 37.3 Å². The van der Waals surface area contributed by atoms with Gasteiger partial charge in [0.15, 0.2) is 0 Å². The lowest BCUT2D eigenvalue weighted by atomic mass is 9.93. The first-order valence-corrected chi connectivity index (χ1v) is 7.79. The van der Waals surface area contributed by atoms with E-state index in [9.17, 15) is 0 Å². The van der Waals surface area contributed by atoms with E-state index in [0.717, 1.165) is 19.4 Å². The van der Waals surface area contributed by atoms with Crippen molar-refractivity contribution in [2.45, 2.75) is 70.6 Å². The number of rotatable bonds is 5. The lowest BCUT2D eigenvalue weighted by Crippen LogP contribution is -2.43. The largest absolute Gasteiger partial charge is 0.368 e. The molecule has 1 saturated heterocycles. The average molecular weight is 275 g/mol. The van der Waals surface area contributed by atoms with Crippen LogP contribution in [0.2, 0.25) is 0 Å². The van der Waals surface area contributed by atoms with Gasteiger partial charge in [-0.2, -0.15) is 0 Å². The highest BCUT2D eigenvalue weighted by Gasteiger charge is 2.45. The Morgan fingerprint density at radius 2 is 1.85 bits per heavy atom. The highest BCUT2D eigenvalue weighted by atomic mass is 16.5. The van der Waals surface area contributed by atoms with E-state index in [4.69, 9.17) is 4.74 Å². The summed E-state index contributed by atoms with van der Waals surface area (Å²) in [4.78, 5) is 0. The standard InChI is InChI=1S/C18H29NO/c1-14(15-9-7-6-8-10-15)11-12-19-16-13-17(2,3)20-18(16,4)5/h6-10,14,16,19H,11-13H2,1-5H3. The molecule has 1 N–H and O–H groups in total. The van der Waals surface area contributed by atoms with Gasteiger partial charge in [0.2, 0.25) is 0 Å². The molecule has 1 heterocycles. The summed E-state index contributed by atoms with van der Waals surface area (Å²) in [6, 6.07) is 11.2. The van der Waals surface area contributed by atoms with Crippen molar-refractivity contribution in [1.29, 1.82) is 0 Å². The SMILES string of the molecule is CC(CCNC1CC(C)(C)OC1(C)C)c1ccccc1. The fraction of sp³-hybridized carbons (Fsp3) is 0.667. The third kappa shape index (κ3) is 3.83. The molecule has 0 aromatic heterocycles. The molecule has 2 unspecified atom stereocenters. The minimum Gasteiger partial charge on any atom is -0.368 e. The molecule has 2 rings (SSSR count). The van der Waals surface area contributed by atoms with Crippen molar-refractivity contribution in [2.75, 3.05) is 6.54 Å². The van der Waals surface area contributed by atoms with Gasteiger partial charge in [0.25, 0.3) is 0 Å². The molecule has 2 atom stereocenters. The van der Waals surface area contributed by atoms with Crippen molar-refractivity contribution in [1.82, 2.24) is 5.32 Å². The molecule has 0 saturated carbocycles. The maximum Gasteiger partial charge on any atom is 0.0787 e. The van der Waals surface area contributed by atoms with Crippen LogP contribution in [-0.4, -0.2) is 23.8 Å². The van der Waals surface area contributed by atoms with Crippen LogP contribution >= 0.6 is 0 Å². The molecule has 0 radical (unpaired) electrons. The molecule has 0 spiro atoms. The van der Waals surface area contributed by atoms with Crippen molar-refractivity contribution < 1.29 is 4.74 Å². The fourth-order valence-electron chi connectivity index (χ4n) is 3.30. The van der Waals surface area contributed by atoms with Gasteiger partial charge in [-0.25, -0.2) is 0 Å². The zero-order chi connectivity index (χ0) is 14.8. The fourth-order valence-corrected chi connectivity index (χ4v) is 3.30. The zero-order valence-corrected chi connectivity index (χ0v) is 13.6. The zero-order valence-electron chi connectivity index (χ0n) is 13.6. The highest BCUT2D eigenvalue weighted by molar-refractivity contribution is 5.18. The molecule has 1 aliphatic rings. The normalized spacial score (nSPS) is 25.6. The molecule has 2 nitrogen and oxygen atoms in total. The molecule has 1 aromatic rings. The van der Waals surface area contributed by atoms with Crippen LogP contribution in [-0.2, 0) is 4.74 Å². The third-order valence-electron chi connectivity index (χ3n) is 4.41.